The van der Waals surface area contributed by atoms with E-state index in [4.69, 9.17) is 21.3 Å². The third kappa shape index (κ3) is 4.91. The minimum absolute atomic E-state index is 0.00900. The van der Waals surface area contributed by atoms with E-state index in [9.17, 15) is 14.9 Å². The third-order valence-corrected chi connectivity index (χ3v) is 8.08. The number of hydrogen-bond donors (Lipinski definition) is 0. The number of carbonyl (C=O) groups excluding carboxylic acids is 1. The van der Waals surface area contributed by atoms with E-state index in [-0.39, 0.29) is 11.6 Å². The van der Waals surface area contributed by atoms with Gasteiger partial charge in [0.2, 0.25) is 0 Å². The SMILES string of the molecule is O=C(c1cc2cc([N+](=O)[O-])ccc2s1)N(CCCN1CCOCC1)c1nc2ccc(Cl)cc2s1. The van der Waals surface area contributed by atoms with Gasteiger partial charge < -0.3 is 4.74 Å². The van der Waals surface area contributed by atoms with E-state index < -0.39 is 4.92 Å². The van der Waals surface area contributed by atoms with Crippen molar-refractivity contribution < 1.29 is 14.5 Å². The fraction of sp³-hybridized carbons (Fsp3) is 0.304. The van der Waals surface area contributed by atoms with Gasteiger partial charge in [0.05, 0.1) is 33.2 Å². The molecule has 2 aromatic carbocycles. The lowest BCUT2D eigenvalue weighted by molar-refractivity contribution is -0.384. The van der Waals surface area contributed by atoms with Gasteiger partial charge in [0.15, 0.2) is 5.13 Å². The van der Waals surface area contributed by atoms with Crippen LogP contribution in [0.2, 0.25) is 5.02 Å². The van der Waals surface area contributed by atoms with E-state index in [2.05, 4.69) is 4.90 Å². The maximum atomic E-state index is 13.7. The number of rotatable bonds is 7. The number of morpholine rings is 1. The Bertz CT molecular complexity index is 1370. The number of ether oxygens (including phenoxy) is 1. The van der Waals surface area contributed by atoms with E-state index in [1.54, 1.807) is 23.1 Å². The first kappa shape index (κ1) is 23.1. The standard InChI is InChI=1S/C23H21ClN4O4S2/c24-16-2-4-18-20(14-16)34-23(25-18)27(7-1-6-26-8-10-32-11-9-26)22(29)21-13-15-12-17(28(30)31)3-5-19(15)33-21/h2-5,12-14H,1,6-11H2. The van der Waals surface area contributed by atoms with Crippen LogP contribution in [0.1, 0.15) is 16.1 Å². The van der Waals surface area contributed by atoms with Crippen LogP contribution in [0, 0.1) is 10.1 Å². The Hall–Kier alpha value is -2.63. The third-order valence-electron chi connectivity index (χ3n) is 5.70. The number of hydrogen-bond acceptors (Lipinski definition) is 8. The summed E-state index contributed by atoms with van der Waals surface area (Å²) in [4.78, 5) is 33.7. The molecule has 0 saturated carbocycles. The molecule has 1 amide bonds. The molecule has 1 aliphatic heterocycles. The number of carbonyl (C=O) groups is 1. The molecule has 0 atom stereocenters. The highest BCUT2D eigenvalue weighted by Crippen LogP contribution is 2.34. The molecule has 2 aromatic heterocycles. The van der Waals surface area contributed by atoms with Crippen molar-refractivity contribution in [1.29, 1.82) is 0 Å². The molecular weight excluding hydrogens is 496 g/mol. The Morgan fingerprint density at radius 1 is 1.15 bits per heavy atom. The van der Waals surface area contributed by atoms with Gasteiger partial charge in [0.25, 0.3) is 11.6 Å². The second-order valence-electron chi connectivity index (χ2n) is 7.96. The number of aromatic nitrogens is 1. The largest absolute Gasteiger partial charge is 0.379 e. The highest BCUT2D eigenvalue weighted by Gasteiger charge is 2.24. The summed E-state index contributed by atoms with van der Waals surface area (Å²) in [6.07, 6.45) is 0.790. The molecule has 0 radical (unpaired) electrons. The molecule has 3 heterocycles. The molecule has 0 aliphatic carbocycles. The molecule has 0 bridgehead atoms. The van der Waals surface area contributed by atoms with Crippen LogP contribution in [0.5, 0.6) is 0 Å². The van der Waals surface area contributed by atoms with E-state index >= 15 is 0 Å². The Morgan fingerprint density at radius 3 is 2.76 bits per heavy atom. The van der Waals surface area contributed by atoms with Crippen molar-refractivity contribution in [1.82, 2.24) is 9.88 Å². The van der Waals surface area contributed by atoms with E-state index in [1.807, 2.05) is 12.1 Å². The number of halogens is 1. The summed E-state index contributed by atoms with van der Waals surface area (Å²) in [7, 11) is 0. The number of nitro groups is 1. The van der Waals surface area contributed by atoms with Crippen LogP contribution in [0.4, 0.5) is 10.8 Å². The zero-order valence-corrected chi connectivity index (χ0v) is 20.5. The average Bonchev–Trinajstić information content (AvgIpc) is 3.45. The number of thiazole rings is 1. The van der Waals surface area contributed by atoms with Crippen molar-refractivity contribution >= 4 is 71.3 Å². The van der Waals surface area contributed by atoms with Gasteiger partial charge in [0, 0.05) is 53.4 Å². The van der Waals surface area contributed by atoms with Gasteiger partial charge in [-0.1, -0.05) is 22.9 Å². The van der Waals surface area contributed by atoms with E-state index in [0.717, 1.165) is 54.2 Å². The van der Waals surface area contributed by atoms with Crippen LogP contribution in [-0.2, 0) is 4.74 Å². The second kappa shape index (κ2) is 9.93. The van der Waals surface area contributed by atoms with Crippen molar-refractivity contribution in [2.45, 2.75) is 6.42 Å². The topological polar surface area (TPSA) is 88.8 Å². The maximum absolute atomic E-state index is 13.7. The lowest BCUT2D eigenvalue weighted by atomic mass is 10.2. The highest BCUT2D eigenvalue weighted by molar-refractivity contribution is 7.23. The van der Waals surface area contributed by atoms with Gasteiger partial charge in [-0.3, -0.25) is 24.7 Å². The molecule has 34 heavy (non-hydrogen) atoms. The minimum atomic E-state index is -0.428. The van der Waals surface area contributed by atoms with Gasteiger partial charge in [-0.2, -0.15) is 0 Å². The van der Waals surface area contributed by atoms with Gasteiger partial charge in [-0.25, -0.2) is 4.98 Å². The first-order valence-corrected chi connectivity index (χ1v) is 12.8. The molecule has 176 valence electrons. The summed E-state index contributed by atoms with van der Waals surface area (Å²) < 4.78 is 7.17. The average molecular weight is 517 g/mol. The Labute approximate surface area is 208 Å². The van der Waals surface area contributed by atoms with Crippen molar-refractivity contribution in [2.24, 2.45) is 0 Å². The molecule has 5 rings (SSSR count). The smallest absolute Gasteiger partial charge is 0.270 e. The van der Waals surface area contributed by atoms with Crippen molar-refractivity contribution in [3.63, 3.8) is 0 Å². The molecule has 0 N–H and O–H groups in total. The molecule has 1 fully saturated rings. The first-order chi connectivity index (χ1) is 16.5. The first-order valence-electron chi connectivity index (χ1n) is 10.8. The summed E-state index contributed by atoms with van der Waals surface area (Å²) in [5, 5.41) is 13.1. The summed E-state index contributed by atoms with van der Waals surface area (Å²) in [5.41, 5.74) is 0.803. The highest BCUT2D eigenvalue weighted by atomic mass is 35.5. The number of benzene rings is 2. The number of anilines is 1. The summed E-state index contributed by atoms with van der Waals surface area (Å²) in [6, 6.07) is 11.9. The number of non-ortho nitro benzene ring substituents is 1. The molecule has 0 spiro atoms. The number of amides is 1. The Kier molecular flexibility index (Phi) is 6.75. The van der Waals surface area contributed by atoms with Gasteiger partial charge >= 0.3 is 0 Å². The predicted octanol–water partition coefficient (Wildman–Crippen LogP) is 5.44. The molecule has 8 nitrogen and oxygen atoms in total. The van der Waals surface area contributed by atoms with Gasteiger partial charge in [-0.15, -0.1) is 11.3 Å². The van der Waals surface area contributed by atoms with Gasteiger partial charge in [-0.05, 0) is 36.8 Å². The number of nitrogens with zero attached hydrogens (tertiary/aromatic N) is 4. The van der Waals surface area contributed by atoms with Crippen LogP contribution >= 0.6 is 34.3 Å². The van der Waals surface area contributed by atoms with E-state index in [0.29, 0.717) is 27.0 Å². The molecule has 1 saturated heterocycles. The Balaban J connectivity index is 1.44. The van der Waals surface area contributed by atoms with Crippen LogP contribution in [-0.4, -0.2) is 60.1 Å². The van der Waals surface area contributed by atoms with E-state index in [1.165, 1.54) is 34.8 Å². The fourth-order valence-electron chi connectivity index (χ4n) is 3.95. The zero-order valence-electron chi connectivity index (χ0n) is 18.1. The quantitative estimate of drug-likeness (QED) is 0.240. The molecule has 0 unspecified atom stereocenters. The van der Waals surface area contributed by atoms with Crippen LogP contribution in [0.15, 0.2) is 42.5 Å². The summed E-state index contributed by atoms with van der Waals surface area (Å²) >= 11 is 8.92. The number of nitro benzene ring substituents is 1. The van der Waals surface area contributed by atoms with Gasteiger partial charge in [0.1, 0.15) is 0 Å². The lowest BCUT2D eigenvalue weighted by Crippen LogP contribution is -2.39. The number of thiophene rings is 1. The summed E-state index contributed by atoms with van der Waals surface area (Å²) in [5.74, 6) is -0.156. The maximum Gasteiger partial charge on any atom is 0.270 e. The van der Waals surface area contributed by atoms with Crippen molar-refractivity contribution in [3.8, 4) is 0 Å². The lowest BCUT2D eigenvalue weighted by Gasteiger charge is -2.27. The van der Waals surface area contributed by atoms with Crippen LogP contribution in [0.3, 0.4) is 0 Å². The molecular formula is C23H21ClN4O4S2. The van der Waals surface area contributed by atoms with Crippen molar-refractivity contribution in [3.05, 3.63) is 62.5 Å². The van der Waals surface area contributed by atoms with Crippen LogP contribution in [0.25, 0.3) is 20.3 Å². The Morgan fingerprint density at radius 2 is 1.97 bits per heavy atom. The normalized spacial score (nSPS) is 14.6. The van der Waals surface area contributed by atoms with Crippen molar-refractivity contribution in [2.75, 3.05) is 44.3 Å². The van der Waals surface area contributed by atoms with Crippen LogP contribution < -0.4 is 4.90 Å². The second-order valence-corrected chi connectivity index (χ2v) is 10.5. The molecule has 11 heteroatoms. The predicted molar refractivity (Wildman–Crippen MR) is 137 cm³/mol. The fourth-order valence-corrected chi connectivity index (χ4v) is 6.20. The minimum Gasteiger partial charge on any atom is -0.379 e. The molecule has 4 aromatic rings. The summed E-state index contributed by atoms with van der Waals surface area (Å²) in [6.45, 7) is 4.62. The molecule has 1 aliphatic rings. The monoisotopic (exact) mass is 516 g/mol. The zero-order chi connectivity index (χ0) is 23.7. The number of fused-ring (bicyclic) bond motifs is 2.